The van der Waals surface area contributed by atoms with Gasteiger partial charge in [0.2, 0.25) is 0 Å². The van der Waals surface area contributed by atoms with E-state index in [1.54, 1.807) is 0 Å². The van der Waals surface area contributed by atoms with Crippen molar-refractivity contribution in [2.45, 2.75) is 0 Å². The second kappa shape index (κ2) is 6.56. The highest BCUT2D eigenvalue weighted by Gasteiger charge is 2.22. The van der Waals surface area contributed by atoms with E-state index in [1.807, 2.05) is 18.2 Å². The van der Waals surface area contributed by atoms with Crippen molar-refractivity contribution >= 4 is 38.5 Å². The molecule has 0 N–H and O–H groups in total. The predicted octanol–water partition coefficient (Wildman–Crippen LogP) is 7.72. The number of oxazole rings is 1. The zero-order valence-electron chi connectivity index (χ0n) is 17.2. The number of nitrogens with zero attached hydrogens (tertiary/aromatic N) is 2. The number of hydrogen-bond donors (Lipinski definition) is 0. The minimum atomic E-state index is 0.609. The summed E-state index contributed by atoms with van der Waals surface area (Å²) in [5.74, 6) is 0.609. The highest BCUT2D eigenvalue weighted by molar-refractivity contribution is 6.01. The molecule has 0 spiro atoms. The Labute approximate surface area is 184 Å². The fraction of sp³-hybridized carbons (Fsp3) is 0. The lowest BCUT2D eigenvalue weighted by atomic mass is 9.97. The fourth-order valence-electron chi connectivity index (χ4n) is 4.74. The summed E-state index contributed by atoms with van der Waals surface area (Å²) in [6, 6.07) is 38.0. The molecule has 2 heterocycles. The third-order valence-corrected chi connectivity index (χ3v) is 6.22. The van der Waals surface area contributed by atoms with Crippen LogP contribution in [0.15, 0.2) is 114 Å². The zero-order valence-corrected chi connectivity index (χ0v) is 17.2. The molecule has 7 aromatic rings. The maximum absolute atomic E-state index is 6.17. The van der Waals surface area contributed by atoms with E-state index in [-0.39, 0.29) is 0 Å². The van der Waals surface area contributed by atoms with Gasteiger partial charge in [-0.15, -0.1) is 0 Å². The van der Waals surface area contributed by atoms with Gasteiger partial charge in [0, 0.05) is 11.1 Å². The average Bonchev–Trinajstić information content (AvgIpc) is 3.39. The molecule has 0 unspecified atom stereocenters. The molecule has 5 aromatic carbocycles. The summed E-state index contributed by atoms with van der Waals surface area (Å²) in [6.07, 6.45) is 0. The Hall–Kier alpha value is -4.37. The van der Waals surface area contributed by atoms with Crippen molar-refractivity contribution in [2.75, 3.05) is 0 Å². The number of para-hydroxylation sites is 2. The van der Waals surface area contributed by atoms with Crippen LogP contribution in [0, 0.1) is 0 Å². The van der Waals surface area contributed by atoms with Crippen LogP contribution in [0.2, 0.25) is 0 Å². The molecule has 3 heteroatoms. The summed E-state index contributed by atoms with van der Waals surface area (Å²) in [4.78, 5) is 5.02. The molecular formula is C29H18N2O. The van der Waals surface area contributed by atoms with Crippen molar-refractivity contribution in [3.63, 3.8) is 0 Å². The summed E-state index contributed by atoms with van der Waals surface area (Å²) in [7, 11) is 0. The molecule has 150 valence electrons. The third kappa shape index (κ3) is 2.45. The molecule has 0 aliphatic rings. The van der Waals surface area contributed by atoms with Crippen molar-refractivity contribution in [2.24, 2.45) is 0 Å². The van der Waals surface area contributed by atoms with E-state index in [0.717, 1.165) is 33.6 Å². The first-order chi connectivity index (χ1) is 15.9. The average molecular weight is 410 g/mol. The van der Waals surface area contributed by atoms with Gasteiger partial charge in [0.15, 0.2) is 5.58 Å². The van der Waals surface area contributed by atoms with Crippen molar-refractivity contribution in [1.82, 2.24) is 9.38 Å². The lowest BCUT2D eigenvalue weighted by Gasteiger charge is -2.09. The monoisotopic (exact) mass is 410 g/mol. The van der Waals surface area contributed by atoms with Gasteiger partial charge in [0.25, 0.3) is 0 Å². The zero-order chi connectivity index (χ0) is 21.1. The van der Waals surface area contributed by atoms with E-state index < -0.39 is 0 Å². The van der Waals surface area contributed by atoms with Crippen LogP contribution in [-0.4, -0.2) is 9.38 Å². The number of benzene rings is 5. The van der Waals surface area contributed by atoms with Crippen LogP contribution in [0.5, 0.6) is 0 Å². The lowest BCUT2D eigenvalue weighted by molar-refractivity contribution is 0.642. The van der Waals surface area contributed by atoms with Crippen LogP contribution in [0.25, 0.3) is 61.0 Å². The van der Waals surface area contributed by atoms with Gasteiger partial charge in [0.1, 0.15) is 5.69 Å². The molecule has 0 saturated carbocycles. The number of hydrogen-bond acceptors (Lipinski definition) is 2. The summed E-state index contributed by atoms with van der Waals surface area (Å²) >= 11 is 0. The summed E-state index contributed by atoms with van der Waals surface area (Å²) in [5.41, 5.74) is 6.06. The molecule has 3 nitrogen and oxygen atoms in total. The van der Waals surface area contributed by atoms with E-state index in [0.29, 0.717) is 5.84 Å². The minimum absolute atomic E-state index is 0.609. The van der Waals surface area contributed by atoms with E-state index in [9.17, 15) is 0 Å². The molecule has 0 atom stereocenters. The molecule has 7 rings (SSSR count). The standard InChI is InChI=1S/C29H18N2O/c1-2-10-21-18-22(17-16-19(21)8-1)28-27(24-13-7-11-20-9-3-4-12-23(20)24)30-29-31(28)25-14-5-6-15-26(25)32-29/h1-18H. The Balaban J connectivity index is 1.63. The maximum Gasteiger partial charge on any atom is 0.307 e. The van der Waals surface area contributed by atoms with Crippen molar-refractivity contribution < 1.29 is 4.42 Å². The Morgan fingerprint density at radius 1 is 0.625 bits per heavy atom. The van der Waals surface area contributed by atoms with Gasteiger partial charge in [-0.05, 0) is 39.7 Å². The smallest absolute Gasteiger partial charge is 0.307 e. The largest absolute Gasteiger partial charge is 0.423 e. The second-order valence-electron chi connectivity index (χ2n) is 8.09. The molecule has 2 aromatic heterocycles. The SMILES string of the molecule is c1ccc2cc(-c3c(-c4cccc5ccccc45)nc4oc5ccccc5n34)ccc2c1. The predicted molar refractivity (Wildman–Crippen MR) is 131 cm³/mol. The molecule has 0 fully saturated rings. The molecular weight excluding hydrogens is 392 g/mol. The van der Waals surface area contributed by atoms with Crippen LogP contribution in [0.3, 0.4) is 0 Å². The van der Waals surface area contributed by atoms with E-state index in [4.69, 9.17) is 9.40 Å². The van der Waals surface area contributed by atoms with Gasteiger partial charge in [-0.2, -0.15) is 4.98 Å². The van der Waals surface area contributed by atoms with Crippen LogP contribution in [0.1, 0.15) is 0 Å². The highest BCUT2D eigenvalue weighted by atomic mass is 16.4. The van der Waals surface area contributed by atoms with Gasteiger partial charge in [-0.25, -0.2) is 0 Å². The highest BCUT2D eigenvalue weighted by Crippen LogP contribution is 2.39. The third-order valence-electron chi connectivity index (χ3n) is 6.22. The van der Waals surface area contributed by atoms with Gasteiger partial charge >= 0.3 is 5.84 Å². The summed E-state index contributed by atoms with van der Waals surface area (Å²) < 4.78 is 8.32. The van der Waals surface area contributed by atoms with Gasteiger partial charge in [-0.1, -0.05) is 91.0 Å². The van der Waals surface area contributed by atoms with Crippen LogP contribution >= 0.6 is 0 Å². The fourth-order valence-corrected chi connectivity index (χ4v) is 4.74. The van der Waals surface area contributed by atoms with Crippen molar-refractivity contribution in [3.8, 4) is 22.5 Å². The molecule has 0 bridgehead atoms. The Bertz CT molecular complexity index is 1780. The first-order valence-electron chi connectivity index (χ1n) is 10.7. The van der Waals surface area contributed by atoms with Crippen LogP contribution in [-0.2, 0) is 0 Å². The van der Waals surface area contributed by atoms with Gasteiger partial charge < -0.3 is 4.42 Å². The molecule has 0 aliphatic carbocycles. The topological polar surface area (TPSA) is 30.4 Å². The minimum Gasteiger partial charge on any atom is -0.423 e. The quantitative estimate of drug-likeness (QED) is 0.292. The first-order valence-corrected chi connectivity index (χ1v) is 10.7. The summed E-state index contributed by atoms with van der Waals surface area (Å²) in [6.45, 7) is 0. The Morgan fingerprint density at radius 2 is 1.38 bits per heavy atom. The first kappa shape index (κ1) is 17.3. The van der Waals surface area contributed by atoms with E-state index >= 15 is 0 Å². The molecule has 0 amide bonds. The molecule has 32 heavy (non-hydrogen) atoms. The normalized spacial score (nSPS) is 11.8. The van der Waals surface area contributed by atoms with Gasteiger partial charge in [0.05, 0.1) is 11.2 Å². The number of aromatic nitrogens is 2. The van der Waals surface area contributed by atoms with E-state index in [1.165, 1.54) is 21.5 Å². The summed E-state index contributed by atoms with van der Waals surface area (Å²) in [5, 5.41) is 4.81. The number of imidazole rings is 1. The molecule has 0 radical (unpaired) electrons. The Kier molecular flexibility index (Phi) is 3.55. The second-order valence-corrected chi connectivity index (χ2v) is 8.09. The van der Waals surface area contributed by atoms with Crippen molar-refractivity contribution in [1.29, 1.82) is 0 Å². The lowest BCUT2D eigenvalue weighted by Crippen LogP contribution is -1.90. The maximum atomic E-state index is 6.17. The van der Waals surface area contributed by atoms with Gasteiger partial charge in [-0.3, -0.25) is 4.40 Å². The van der Waals surface area contributed by atoms with Crippen LogP contribution < -0.4 is 0 Å². The Morgan fingerprint density at radius 3 is 2.31 bits per heavy atom. The van der Waals surface area contributed by atoms with E-state index in [2.05, 4.69) is 95.4 Å². The number of rotatable bonds is 2. The van der Waals surface area contributed by atoms with Crippen molar-refractivity contribution in [3.05, 3.63) is 109 Å². The molecule has 0 aliphatic heterocycles. The van der Waals surface area contributed by atoms with Crippen LogP contribution in [0.4, 0.5) is 0 Å². The number of fused-ring (bicyclic) bond motifs is 5. The molecule has 0 saturated heterocycles.